The molecule has 1 aromatic heterocycles. The third kappa shape index (κ3) is 2.92. The molecule has 2 saturated heterocycles. The number of rotatable bonds is 4. The van der Waals surface area contributed by atoms with Gasteiger partial charge in [0, 0.05) is 31.2 Å². The Kier molecular flexibility index (Phi) is 4.30. The summed E-state index contributed by atoms with van der Waals surface area (Å²) in [7, 11) is 1.53. The number of fused-ring (bicyclic) bond motifs is 2. The molecule has 0 aromatic carbocycles. The van der Waals surface area contributed by atoms with Crippen LogP contribution in [0.2, 0.25) is 0 Å². The molecule has 0 spiro atoms. The first kappa shape index (κ1) is 15.5. The number of nitriles is 1. The Hall–Kier alpha value is -2.39. The molecule has 1 aromatic rings. The van der Waals surface area contributed by atoms with Gasteiger partial charge in [0.15, 0.2) is 0 Å². The van der Waals surface area contributed by atoms with Gasteiger partial charge in [0.05, 0.1) is 12.8 Å². The van der Waals surface area contributed by atoms with Crippen LogP contribution >= 0.6 is 0 Å². The fourth-order valence-electron chi connectivity index (χ4n) is 3.45. The molecule has 2 fully saturated rings. The Balaban J connectivity index is 1.78. The summed E-state index contributed by atoms with van der Waals surface area (Å²) in [5.74, 6) is 0.266. The fourth-order valence-corrected chi connectivity index (χ4v) is 3.45. The molecule has 3 rings (SSSR count). The van der Waals surface area contributed by atoms with Crippen molar-refractivity contribution in [1.29, 1.82) is 5.26 Å². The molecule has 3 heterocycles. The zero-order valence-corrected chi connectivity index (χ0v) is 13.4. The maximum Gasteiger partial charge on any atom is 0.264 e. The van der Waals surface area contributed by atoms with E-state index in [2.05, 4.69) is 16.8 Å². The number of aromatic nitrogens is 1. The van der Waals surface area contributed by atoms with Crippen molar-refractivity contribution in [3.8, 4) is 11.9 Å². The van der Waals surface area contributed by atoms with E-state index < -0.39 is 0 Å². The van der Waals surface area contributed by atoms with Crippen LogP contribution in [0.25, 0.3) is 6.08 Å². The van der Waals surface area contributed by atoms with E-state index >= 15 is 0 Å². The van der Waals surface area contributed by atoms with Gasteiger partial charge in [0.2, 0.25) is 5.88 Å². The van der Waals surface area contributed by atoms with Gasteiger partial charge in [-0.1, -0.05) is 13.0 Å². The third-order valence-corrected chi connectivity index (χ3v) is 4.62. The maximum atomic E-state index is 12.7. The second-order valence-electron chi connectivity index (χ2n) is 5.86. The van der Waals surface area contributed by atoms with Gasteiger partial charge in [0.25, 0.3) is 5.91 Å². The molecular weight excluding hydrogens is 292 g/mol. The van der Waals surface area contributed by atoms with Crippen LogP contribution in [0.15, 0.2) is 23.8 Å². The summed E-state index contributed by atoms with van der Waals surface area (Å²) in [6.45, 7) is 4.77. The largest absolute Gasteiger partial charge is 0.481 e. The quantitative estimate of drug-likeness (QED) is 0.619. The van der Waals surface area contributed by atoms with Gasteiger partial charge in [0.1, 0.15) is 11.6 Å². The molecule has 6 heteroatoms. The van der Waals surface area contributed by atoms with Crippen molar-refractivity contribution >= 4 is 12.0 Å². The van der Waals surface area contributed by atoms with Gasteiger partial charge in [-0.05, 0) is 25.1 Å². The SMILES string of the molecule is CCN1CC2CC1CN2C(=O)/C(C#N)=C/c1cccc(OC)n1. The maximum absolute atomic E-state index is 12.7. The number of carbonyl (C=O) groups is 1. The first-order chi connectivity index (χ1) is 11.2. The highest BCUT2D eigenvalue weighted by Gasteiger charge is 2.44. The summed E-state index contributed by atoms with van der Waals surface area (Å²) in [5.41, 5.74) is 0.676. The van der Waals surface area contributed by atoms with Crippen molar-refractivity contribution in [3.63, 3.8) is 0 Å². The van der Waals surface area contributed by atoms with Crippen LogP contribution in [0.3, 0.4) is 0 Å². The molecule has 0 aliphatic carbocycles. The van der Waals surface area contributed by atoms with Crippen LogP contribution in [0.5, 0.6) is 5.88 Å². The average molecular weight is 312 g/mol. The molecule has 0 N–H and O–H groups in total. The molecule has 120 valence electrons. The Bertz CT molecular complexity index is 679. The van der Waals surface area contributed by atoms with Gasteiger partial charge in [-0.2, -0.15) is 5.26 Å². The number of piperazine rings is 1. The van der Waals surface area contributed by atoms with E-state index in [1.165, 1.54) is 13.2 Å². The lowest BCUT2D eigenvalue weighted by atomic mass is 10.1. The zero-order valence-electron chi connectivity index (χ0n) is 13.4. The molecular formula is C17H20N4O2. The van der Waals surface area contributed by atoms with E-state index in [0.29, 0.717) is 24.2 Å². The second kappa shape index (κ2) is 6.39. The van der Waals surface area contributed by atoms with Crippen LogP contribution in [-0.2, 0) is 4.79 Å². The Morgan fingerprint density at radius 3 is 2.91 bits per heavy atom. The van der Waals surface area contributed by atoms with E-state index in [4.69, 9.17) is 4.74 Å². The van der Waals surface area contributed by atoms with Crippen molar-refractivity contribution in [2.45, 2.75) is 25.4 Å². The van der Waals surface area contributed by atoms with E-state index in [1.807, 2.05) is 11.0 Å². The van der Waals surface area contributed by atoms with Gasteiger partial charge in [-0.25, -0.2) is 4.98 Å². The summed E-state index contributed by atoms with van der Waals surface area (Å²) in [6.07, 6.45) is 2.55. The van der Waals surface area contributed by atoms with Crippen LogP contribution in [0, 0.1) is 11.3 Å². The van der Waals surface area contributed by atoms with Crippen molar-refractivity contribution in [2.24, 2.45) is 0 Å². The molecule has 2 atom stereocenters. The first-order valence-electron chi connectivity index (χ1n) is 7.84. The van der Waals surface area contributed by atoms with Gasteiger partial charge in [-0.3, -0.25) is 9.69 Å². The van der Waals surface area contributed by atoms with Gasteiger partial charge in [-0.15, -0.1) is 0 Å². The Morgan fingerprint density at radius 1 is 1.48 bits per heavy atom. The topological polar surface area (TPSA) is 69.5 Å². The van der Waals surface area contributed by atoms with Gasteiger partial charge >= 0.3 is 0 Å². The summed E-state index contributed by atoms with van der Waals surface area (Å²) in [5, 5.41) is 9.38. The van der Waals surface area contributed by atoms with Crippen LogP contribution in [-0.4, -0.2) is 59.5 Å². The minimum Gasteiger partial charge on any atom is -0.481 e. The smallest absolute Gasteiger partial charge is 0.264 e. The number of methoxy groups -OCH3 is 1. The average Bonchev–Trinajstić information content (AvgIpc) is 3.19. The number of amides is 1. The fraction of sp³-hybridized carbons (Fsp3) is 0.471. The number of ether oxygens (including phenoxy) is 1. The highest BCUT2D eigenvalue weighted by molar-refractivity contribution is 6.01. The molecule has 23 heavy (non-hydrogen) atoms. The predicted molar refractivity (Wildman–Crippen MR) is 85.5 cm³/mol. The van der Waals surface area contributed by atoms with Gasteiger partial charge < -0.3 is 9.64 Å². The van der Waals surface area contributed by atoms with Crippen molar-refractivity contribution < 1.29 is 9.53 Å². The van der Waals surface area contributed by atoms with E-state index in [9.17, 15) is 10.1 Å². The molecule has 2 bridgehead atoms. The molecule has 2 aliphatic heterocycles. The van der Waals surface area contributed by atoms with Crippen LogP contribution < -0.4 is 4.74 Å². The van der Waals surface area contributed by atoms with Crippen molar-refractivity contribution in [1.82, 2.24) is 14.8 Å². The number of hydrogen-bond acceptors (Lipinski definition) is 5. The molecule has 2 aliphatic rings. The summed E-state index contributed by atoms with van der Waals surface area (Å²) < 4.78 is 5.07. The molecule has 1 amide bonds. The van der Waals surface area contributed by atoms with Crippen molar-refractivity contribution in [2.75, 3.05) is 26.7 Å². The van der Waals surface area contributed by atoms with E-state index in [-0.39, 0.29) is 17.5 Å². The number of likely N-dealkylation sites (tertiary alicyclic amines) is 2. The molecule has 2 unspecified atom stereocenters. The lowest BCUT2D eigenvalue weighted by Crippen LogP contribution is -2.48. The summed E-state index contributed by atoms with van der Waals surface area (Å²) >= 11 is 0. The van der Waals surface area contributed by atoms with Crippen LogP contribution in [0.1, 0.15) is 19.0 Å². The normalized spacial score (nSPS) is 23.9. The number of nitrogens with zero attached hydrogens (tertiary/aromatic N) is 4. The Morgan fingerprint density at radius 2 is 2.30 bits per heavy atom. The standard InChI is InChI=1S/C17H20N4O2/c1-3-20-10-15-8-14(20)11-21(15)17(22)12(9-18)7-13-5-4-6-16(19-13)23-2/h4-7,14-15H,3,8,10-11H2,1-2H3/b12-7+. The number of likely N-dealkylation sites (N-methyl/N-ethyl adjacent to an activating group) is 1. The first-order valence-corrected chi connectivity index (χ1v) is 7.84. The highest BCUT2D eigenvalue weighted by Crippen LogP contribution is 2.31. The second-order valence-corrected chi connectivity index (χ2v) is 5.86. The number of pyridine rings is 1. The zero-order chi connectivity index (χ0) is 16.4. The highest BCUT2D eigenvalue weighted by atomic mass is 16.5. The van der Waals surface area contributed by atoms with E-state index in [0.717, 1.165) is 19.5 Å². The molecule has 0 radical (unpaired) electrons. The summed E-state index contributed by atoms with van der Waals surface area (Å²) in [6, 6.07) is 7.95. The third-order valence-electron chi connectivity index (χ3n) is 4.62. The lowest BCUT2D eigenvalue weighted by molar-refractivity contribution is -0.128. The monoisotopic (exact) mass is 312 g/mol. The molecule has 6 nitrogen and oxygen atoms in total. The number of carbonyl (C=O) groups excluding carboxylic acids is 1. The van der Waals surface area contributed by atoms with Crippen molar-refractivity contribution in [3.05, 3.63) is 29.5 Å². The predicted octanol–water partition coefficient (Wildman–Crippen LogP) is 1.30. The lowest BCUT2D eigenvalue weighted by Gasteiger charge is -2.33. The Labute approximate surface area is 136 Å². The summed E-state index contributed by atoms with van der Waals surface area (Å²) in [4.78, 5) is 21.1. The number of hydrogen-bond donors (Lipinski definition) is 0. The van der Waals surface area contributed by atoms with Crippen LogP contribution in [0.4, 0.5) is 0 Å². The molecule has 0 saturated carbocycles. The minimum atomic E-state index is -0.194. The minimum absolute atomic E-state index is 0.126. The van der Waals surface area contributed by atoms with E-state index in [1.54, 1.807) is 18.2 Å².